The van der Waals surface area contributed by atoms with E-state index in [0.29, 0.717) is 5.02 Å². The Kier molecular flexibility index (Phi) is 7.63. The number of hydrogen-bond donors (Lipinski definition) is 2. The third-order valence-electron chi connectivity index (χ3n) is 4.83. The number of halogens is 1. The van der Waals surface area contributed by atoms with Gasteiger partial charge in [-0.3, -0.25) is 10.1 Å². The van der Waals surface area contributed by atoms with E-state index >= 15 is 0 Å². The third kappa shape index (κ3) is 6.29. The van der Waals surface area contributed by atoms with Crippen molar-refractivity contribution >= 4 is 52.3 Å². The van der Waals surface area contributed by atoms with E-state index in [1.54, 1.807) is 6.08 Å². The molecule has 0 radical (unpaired) electrons. The summed E-state index contributed by atoms with van der Waals surface area (Å²) in [6.45, 7) is 7.26. The maximum atomic E-state index is 12.0. The summed E-state index contributed by atoms with van der Waals surface area (Å²) >= 11 is 11.7. The van der Waals surface area contributed by atoms with Crippen LogP contribution in [0.1, 0.15) is 12.5 Å². The van der Waals surface area contributed by atoms with Crippen molar-refractivity contribution in [1.29, 1.82) is 0 Å². The molecule has 0 spiro atoms. The monoisotopic (exact) mass is 428 g/mol. The number of likely N-dealkylation sites (N-methyl/N-ethyl adjacent to an activating group) is 1. The van der Waals surface area contributed by atoms with E-state index in [4.69, 9.17) is 23.8 Å². The van der Waals surface area contributed by atoms with Crippen LogP contribution in [0.4, 0.5) is 11.4 Å². The van der Waals surface area contributed by atoms with E-state index in [1.165, 1.54) is 6.08 Å². The van der Waals surface area contributed by atoms with Crippen LogP contribution in [0.15, 0.2) is 54.6 Å². The van der Waals surface area contributed by atoms with Gasteiger partial charge in [0, 0.05) is 37.9 Å². The summed E-state index contributed by atoms with van der Waals surface area (Å²) < 4.78 is 0. The van der Waals surface area contributed by atoms with Gasteiger partial charge in [-0.25, -0.2) is 0 Å². The van der Waals surface area contributed by atoms with Crippen LogP contribution in [0.25, 0.3) is 6.08 Å². The van der Waals surface area contributed by atoms with Gasteiger partial charge in [0.2, 0.25) is 5.91 Å². The molecule has 1 aliphatic heterocycles. The average molecular weight is 429 g/mol. The Hall–Kier alpha value is -2.41. The summed E-state index contributed by atoms with van der Waals surface area (Å²) in [5.41, 5.74) is 2.71. The van der Waals surface area contributed by atoms with Gasteiger partial charge < -0.3 is 15.1 Å². The molecule has 2 aromatic rings. The fourth-order valence-electron chi connectivity index (χ4n) is 3.20. The van der Waals surface area contributed by atoms with E-state index in [1.807, 2.05) is 48.5 Å². The van der Waals surface area contributed by atoms with Gasteiger partial charge in [0.1, 0.15) is 0 Å². The Balaban J connectivity index is 1.53. The van der Waals surface area contributed by atoms with Gasteiger partial charge in [0.05, 0.1) is 10.7 Å². The van der Waals surface area contributed by atoms with E-state index in [-0.39, 0.29) is 11.0 Å². The van der Waals surface area contributed by atoms with Crippen molar-refractivity contribution in [2.45, 2.75) is 6.92 Å². The Morgan fingerprint density at radius 1 is 1.14 bits per heavy atom. The Morgan fingerprint density at radius 3 is 2.52 bits per heavy atom. The normalized spacial score (nSPS) is 14.8. The van der Waals surface area contributed by atoms with E-state index in [9.17, 15) is 4.79 Å². The number of carbonyl (C=O) groups excluding carboxylic acids is 1. The molecule has 0 atom stereocenters. The molecule has 5 nitrogen and oxygen atoms in total. The van der Waals surface area contributed by atoms with E-state index in [2.05, 4.69) is 27.4 Å². The number of nitrogens with one attached hydrogen (secondary N) is 2. The molecule has 1 heterocycles. The van der Waals surface area contributed by atoms with Gasteiger partial charge in [-0.05, 0) is 48.6 Å². The fourth-order valence-corrected chi connectivity index (χ4v) is 3.72. The lowest BCUT2D eigenvalue weighted by Crippen LogP contribution is -2.46. The minimum atomic E-state index is -0.289. The predicted molar refractivity (Wildman–Crippen MR) is 126 cm³/mol. The topological polar surface area (TPSA) is 47.6 Å². The van der Waals surface area contributed by atoms with Crippen molar-refractivity contribution in [1.82, 2.24) is 10.2 Å². The van der Waals surface area contributed by atoms with Crippen LogP contribution >= 0.6 is 23.8 Å². The molecule has 1 aliphatic rings. The second kappa shape index (κ2) is 10.4. The van der Waals surface area contributed by atoms with Crippen LogP contribution in [-0.2, 0) is 4.79 Å². The van der Waals surface area contributed by atoms with Gasteiger partial charge in [-0.2, -0.15) is 0 Å². The molecule has 0 aliphatic carbocycles. The van der Waals surface area contributed by atoms with E-state index in [0.717, 1.165) is 49.7 Å². The van der Waals surface area contributed by atoms with Gasteiger partial charge in [-0.1, -0.05) is 48.9 Å². The lowest BCUT2D eigenvalue weighted by atomic mass is 10.2. The number of piperazine rings is 1. The highest BCUT2D eigenvalue weighted by Gasteiger charge is 2.18. The lowest BCUT2D eigenvalue weighted by molar-refractivity contribution is -0.115. The minimum absolute atomic E-state index is 0.230. The number of carbonyl (C=O) groups is 1. The first-order valence-electron chi connectivity index (χ1n) is 9.67. The molecule has 1 amide bonds. The summed E-state index contributed by atoms with van der Waals surface area (Å²) in [6.07, 6.45) is 3.19. The lowest BCUT2D eigenvalue weighted by Gasteiger charge is -2.36. The highest BCUT2D eigenvalue weighted by atomic mass is 35.5. The molecule has 7 heteroatoms. The summed E-state index contributed by atoms with van der Waals surface area (Å²) in [4.78, 5) is 16.8. The molecule has 1 saturated heterocycles. The average Bonchev–Trinajstić information content (AvgIpc) is 2.73. The molecule has 0 saturated carbocycles. The number of anilines is 2. The van der Waals surface area contributed by atoms with Gasteiger partial charge in [0.15, 0.2) is 5.11 Å². The molecule has 0 unspecified atom stereocenters. The van der Waals surface area contributed by atoms with Crippen molar-refractivity contribution < 1.29 is 4.79 Å². The smallest absolute Gasteiger partial charge is 0.250 e. The molecule has 0 bridgehead atoms. The second-order valence-electron chi connectivity index (χ2n) is 6.77. The van der Waals surface area contributed by atoms with Gasteiger partial charge in [0.25, 0.3) is 0 Å². The molecule has 29 heavy (non-hydrogen) atoms. The summed E-state index contributed by atoms with van der Waals surface area (Å²) in [5.74, 6) is -0.289. The van der Waals surface area contributed by atoms with Gasteiger partial charge in [-0.15, -0.1) is 0 Å². The largest absolute Gasteiger partial charge is 0.368 e. The standard InChI is InChI=1S/C22H25ClN4OS/c1-2-26-12-14-27(15-13-26)20-10-9-18(16-19(20)23)24-22(29)25-21(28)11-8-17-6-4-3-5-7-17/h3-11,16H,2,12-15H2,1H3,(H2,24,25,28,29)/b11-8+. The van der Waals surface area contributed by atoms with Crippen molar-refractivity contribution in [2.24, 2.45) is 0 Å². The number of nitrogens with zero attached hydrogens (tertiary/aromatic N) is 2. The number of rotatable bonds is 5. The highest BCUT2D eigenvalue weighted by molar-refractivity contribution is 7.80. The van der Waals surface area contributed by atoms with Crippen molar-refractivity contribution in [3.63, 3.8) is 0 Å². The van der Waals surface area contributed by atoms with Crippen LogP contribution in [0.2, 0.25) is 5.02 Å². The Bertz CT molecular complexity index is 880. The van der Waals surface area contributed by atoms with Crippen molar-refractivity contribution in [3.05, 3.63) is 65.2 Å². The van der Waals surface area contributed by atoms with Crippen molar-refractivity contribution in [2.75, 3.05) is 42.9 Å². The third-order valence-corrected chi connectivity index (χ3v) is 5.34. The number of thiocarbonyl (C=S) groups is 1. The van der Waals surface area contributed by atoms with Crippen LogP contribution in [0.5, 0.6) is 0 Å². The molecular weight excluding hydrogens is 404 g/mol. The SMILES string of the molecule is CCN1CCN(c2ccc(NC(=S)NC(=O)/C=C/c3ccccc3)cc2Cl)CC1. The zero-order valence-corrected chi connectivity index (χ0v) is 18.0. The van der Waals surface area contributed by atoms with Crippen molar-refractivity contribution in [3.8, 4) is 0 Å². The fraction of sp³-hybridized carbons (Fsp3) is 0.273. The number of benzene rings is 2. The second-order valence-corrected chi connectivity index (χ2v) is 7.59. The minimum Gasteiger partial charge on any atom is -0.368 e. The van der Waals surface area contributed by atoms with Crippen LogP contribution in [0, 0.1) is 0 Å². The number of amides is 1. The maximum absolute atomic E-state index is 12.0. The first kappa shape index (κ1) is 21.3. The summed E-state index contributed by atoms with van der Waals surface area (Å²) in [7, 11) is 0. The Labute approximate surface area is 182 Å². The maximum Gasteiger partial charge on any atom is 0.250 e. The highest BCUT2D eigenvalue weighted by Crippen LogP contribution is 2.29. The first-order valence-corrected chi connectivity index (χ1v) is 10.5. The van der Waals surface area contributed by atoms with Crippen LogP contribution in [0.3, 0.4) is 0 Å². The molecular formula is C22H25ClN4OS. The molecule has 2 N–H and O–H groups in total. The number of hydrogen-bond acceptors (Lipinski definition) is 4. The predicted octanol–water partition coefficient (Wildman–Crippen LogP) is 4.01. The molecule has 1 fully saturated rings. The molecule has 0 aromatic heterocycles. The van der Waals surface area contributed by atoms with Gasteiger partial charge >= 0.3 is 0 Å². The zero-order chi connectivity index (χ0) is 20.6. The zero-order valence-electron chi connectivity index (χ0n) is 16.4. The molecule has 152 valence electrons. The van der Waals surface area contributed by atoms with Crippen LogP contribution in [-0.4, -0.2) is 48.6 Å². The quantitative estimate of drug-likeness (QED) is 0.556. The summed E-state index contributed by atoms with van der Waals surface area (Å²) in [5, 5.41) is 6.55. The molecule has 3 rings (SSSR count). The summed E-state index contributed by atoms with van der Waals surface area (Å²) in [6, 6.07) is 15.4. The van der Waals surface area contributed by atoms with E-state index < -0.39 is 0 Å². The molecule has 2 aromatic carbocycles. The Morgan fingerprint density at radius 2 is 1.86 bits per heavy atom. The van der Waals surface area contributed by atoms with Crippen LogP contribution < -0.4 is 15.5 Å². The first-order chi connectivity index (χ1) is 14.0.